The molecule has 0 radical (unpaired) electrons. The van der Waals surface area contributed by atoms with Gasteiger partial charge in [0.05, 0.1) is 31.3 Å². The third kappa shape index (κ3) is 4.45. The second kappa shape index (κ2) is 7.04. The Morgan fingerprint density at radius 1 is 1.30 bits per heavy atom. The van der Waals surface area contributed by atoms with Crippen molar-refractivity contribution in [3.05, 3.63) is 0 Å². The highest BCUT2D eigenvalue weighted by Crippen LogP contribution is 2.23. The molecule has 2 saturated heterocycles. The van der Waals surface area contributed by atoms with E-state index >= 15 is 0 Å². The number of carbonyl (C=O) groups excluding carboxylic acids is 1. The van der Waals surface area contributed by atoms with Crippen LogP contribution in [0.1, 0.15) is 39.0 Å². The summed E-state index contributed by atoms with van der Waals surface area (Å²) in [5.74, 6) is -0.815. The lowest BCUT2D eigenvalue weighted by atomic mass is 10.1. The molecule has 0 bridgehead atoms. The molecular weight excluding hydrogens is 262 g/mol. The number of nitrogens with zero attached hydrogens (tertiary/aromatic N) is 1. The quantitative estimate of drug-likeness (QED) is 0.816. The number of morpholine rings is 1. The van der Waals surface area contributed by atoms with Gasteiger partial charge in [-0.15, -0.1) is 0 Å². The van der Waals surface area contributed by atoms with Gasteiger partial charge in [0.25, 0.3) is 0 Å². The Hall–Kier alpha value is -1.14. The third-order valence-corrected chi connectivity index (χ3v) is 3.89. The molecule has 2 aliphatic rings. The maximum absolute atomic E-state index is 12.1. The van der Waals surface area contributed by atoms with Crippen LogP contribution >= 0.6 is 0 Å². The first-order chi connectivity index (χ1) is 9.54. The number of ether oxygens (including phenoxy) is 2. The fraction of sp³-hybridized carbons (Fsp3) is 0.857. The summed E-state index contributed by atoms with van der Waals surface area (Å²) >= 11 is 0. The number of hydrogen-bond acceptors (Lipinski definition) is 4. The van der Waals surface area contributed by atoms with E-state index in [9.17, 15) is 9.59 Å². The van der Waals surface area contributed by atoms with E-state index in [-0.39, 0.29) is 24.5 Å². The Balaban J connectivity index is 1.72. The van der Waals surface area contributed by atoms with Gasteiger partial charge in [0, 0.05) is 19.5 Å². The summed E-state index contributed by atoms with van der Waals surface area (Å²) in [6.07, 6.45) is 3.39. The average molecular weight is 285 g/mol. The fourth-order valence-electron chi connectivity index (χ4n) is 2.80. The van der Waals surface area contributed by atoms with Gasteiger partial charge < -0.3 is 19.5 Å². The maximum atomic E-state index is 12.1. The Kier molecular flexibility index (Phi) is 5.37. The van der Waals surface area contributed by atoms with Gasteiger partial charge in [0.2, 0.25) is 5.91 Å². The summed E-state index contributed by atoms with van der Waals surface area (Å²) in [6, 6.07) is 0. The van der Waals surface area contributed by atoms with Gasteiger partial charge in [0.15, 0.2) is 0 Å². The zero-order valence-corrected chi connectivity index (χ0v) is 11.9. The van der Waals surface area contributed by atoms with Gasteiger partial charge in [-0.1, -0.05) is 0 Å². The molecule has 20 heavy (non-hydrogen) atoms. The molecule has 0 spiro atoms. The molecule has 2 fully saturated rings. The van der Waals surface area contributed by atoms with Crippen LogP contribution < -0.4 is 0 Å². The van der Waals surface area contributed by atoms with Crippen LogP contribution in [0.3, 0.4) is 0 Å². The summed E-state index contributed by atoms with van der Waals surface area (Å²) in [7, 11) is 0. The van der Waals surface area contributed by atoms with Crippen molar-refractivity contribution >= 4 is 11.9 Å². The molecule has 6 heteroatoms. The first-order valence-corrected chi connectivity index (χ1v) is 7.31. The van der Waals surface area contributed by atoms with Gasteiger partial charge in [-0.25, -0.2) is 0 Å². The van der Waals surface area contributed by atoms with Crippen molar-refractivity contribution in [3.63, 3.8) is 0 Å². The van der Waals surface area contributed by atoms with E-state index in [1.54, 1.807) is 4.90 Å². The minimum atomic E-state index is -0.891. The van der Waals surface area contributed by atoms with Crippen LogP contribution in [0, 0.1) is 0 Å². The molecule has 0 aliphatic carbocycles. The fourth-order valence-corrected chi connectivity index (χ4v) is 2.80. The highest BCUT2D eigenvalue weighted by molar-refractivity contribution is 5.76. The SMILES string of the molecule is C[C@@H]1CC[C@H](CCC(=O)N2CCO[C@H](CC(=O)O)C2)O1. The van der Waals surface area contributed by atoms with Gasteiger partial charge in [-0.3, -0.25) is 9.59 Å². The summed E-state index contributed by atoms with van der Waals surface area (Å²) in [6.45, 7) is 3.41. The van der Waals surface area contributed by atoms with Gasteiger partial charge >= 0.3 is 5.97 Å². The summed E-state index contributed by atoms with van der Waals surface area (Å²) in [5, 5.41) is 8.76. The molecule has 2 heterocycles. The largest absolute Gasteiger partial charge is 0.481 e. The molecule has 0 aromatic heterocycles. The van der Waals surface area contributed by atoms with E-state index < -0.39 is 5.97 Å². The zero-order chi connectivity index (χ0) is 14.5. The summed E-state index contributed by atoms with van der Waals surface area (Å²) in [4.78, 5) is 24.5. The number of carbonyl (C=O) groups is 2. The topological polar surface area (TPSA) is 76.1 Å². The van der Waals surface area contributed by atoms with Crippen molar-refractivity contribution in [1.29, 1.82) is 0 Å². The highest BCUT2D eigenvalue weighted by Gasteiger charge is 2.27. The molecule has 3 atom stereocenters. The minimum absolute atomic E-state index is 0.0486. The minimum Gasteiger partial charge on any atom is -0.481 e. The number of rotatable bonds is 5. The Bertz CT molecular complexity index is 359. The predicted octanol–water partition coefficient (Wildman–Crippen LogP) is 1.04. The van der Waals surface area contributed by atoms with Crippen LogP contribution in [-0.2, 0) is 19.1 Å². The first kappa shape index (κ1) is 15.3. The normalized spacial score (nSPS) is 30.4. The lowest BCUT2D eigenvalue weighted by Gasteiger charge is -2.32. The second-order valence-corrected chi connectivity index (χ2v) is 5.62. The molecule has 0 aromatic carbocycles. The molecule has 0 aromatic rings. The van der Waals surface area contributed by atoms with E-state index in [2.05, 4.69) is 6.92 Å². The van der Waals surface area contributed by atoms with Crippen LogP contribution in [0.25, 0.3) is 0 Å². The van der Waals surface area contributed by atoms with Crippen molar-refractivity contribution in [2.75, 3.05) is 19.7 Å². The predicted molar refractivity (Wildman–Crippen MR) is 71.4 cm³/mol. The number of carboxylic acid groups (broad SMARTS) is 1. The standard InChI is InChI=1S/C14H23NO5/c1-10-2-3-11(20-10)4-5-13(16)15-6-7-19-12(9-15)8-14(17)18/h10-12H,2-9H2,1H3,(H,17,18)/t10-,11-,12-/m1/s1. The number of amides is 1. The molecule has 2 aliphatic heterocycles. The Labute approximate surface area is 119 Å². The summed E-state index contributed by atoms with van der Waals surface area (Å²) in [5.41, 5.74) is 0. The molecule has 0 saturated carbocycles. The Morgan fingerprint density at radius 2 is 2.10 bits per heavy atom. The first-order valence-electron chi connectivity index (χ1n) is 7.31. The van der Waals surface area contributed by atoms with E-state index in [1.807, 2.05) is 0 Å². The number of aliphatic carboxylic acids is 1. The van der Waals surface area contributed by atoms with Crippen molar-refractivity contribution in [2.45, 2.75) is 57.3 Å². The molecule has 2 rings (SSSR count). The third-order valence-electron chi connectivity index (χ3n) is 3.89. The molecule has 1 amide bonds. The maximum Gasteiger partial charge on any atom is 0.306 e. The Morgan fingerprint density at radius 3 is 2.75 bits per heavy atom. The van der Waals surface area contributed by atoms with Crippen LogP contribution in [-0.4, -0.2) is 59.9 Å². The van der Waals surface area contributed by atoms with E-state index in [4.69, 9.17) is 14.6 Å². The van der Waals surface area contributed by atoms with Gasteiger partial charge in [0.1, 0.15) is 0 Å². The lowest BCUT2D eigenvalue weighted by molar-refractivity contribution is -0.148. The van der Waals surface area contributed by atoms with Crippen molar-refractivity contribution < 1.29 is 24.2 Å². The number of hydrogen-bond donors (Lipinski definition) is 1. The van der Waals surface area contributed by atoms with Gasteiger partial charge in [-0.2, -0.15) is 0 Å². The second-order valence-electron chi connectivity index (χ2n) is 5.62. The smallest absolute Gasteiger partial charge is 0.306 e. The van der Waals surface area contributed by atoms with Crippen LogP contribution in [0.15, 0.2) is 0 Å². The molecule has 1 N–H and O–H groups in total. The number of carboxylic acids is 1. The van der Waals surface area contributed by atoms with E-state index in [0.29, 0.717) is 32.2 Å². The average Bonchev–Trinajstić information content (AvgIpc) is 2.81. The highest BCUT2D eigenvalue weighted by atomic mass is 16.5. The molecule has 6 nitrogen and oxygen atoms in total. The van der Waals surface area contributed by atoms with Crippen molar-refractivity contribution in [1.82, 2.24) is 4.90 Å². The molecule has 0 unspecified atom stereocenters. The van der Waals surface area contributed by atoms with Crippen LogP contribution in [0.5, 0.6) is 0 Å². The van der Waals surface area contributed by atoms with E-state index in [1.165, 1.54) is 0 Å². The lowest BCUT2D eigenvalue weighted by Crippen LogP contribution is -2.46. The molecular formula is C14H23NO5. The van der Waals surface area contributed by atoms with Crippen molar-refractivity contribution in [2.24, 2.45) is 0 Å². The molecule has 114 valence electrons. The van der Waals surface area contributed by atoms with Crippen molar-refractivity contribution in [3.8, 4) is 0 Å². The zero-order valence-electron chi connectivity index (χ0n) is 11.9. The van der Waals surface area contributed by atoms with Crippen LogP contribution in [0.4, 0.5) is 0 Å². The summed E-state index contributed by atoms with van der Waals surface area (Å²) < 4.78 is 11.1. The van der Waals surface area contributed by atoms with E-state index in [0.717, 1.165) is 19.3 Å². The van der Waals surface area contributed by atoms with Gasteiger partial charge in [-0.05, 0) is 26.2 Å². The van der Waals surface area contributed by atoms with Crippen LogP contribution in [0.2, 0.25) is 0 Å². The monoisotopic (exact) mass is 285 g/mol.